The maximum absolute atomic E-state index is 11.7. The van der Waals surface area contributed by atoms with Gasteiger partial charge in [0.15, 0.2) is 0 Å². The molecular weight excluding hydrogens is 256 g/mol. The summed E-state index contributed by atoms with van der Waals surface area (Å²) in [5.41, 5.74) is 6.45. The van der Waals surface area contributed by atoms with Crippen molar-refractivity contribution in [3.05, 3.63) is 18.0 Å². The molecule has 2 rings (SSSR count). The number of nitrogens with zero attached hydrogens (tertiary/aromatic N) is 2. The maximum atomic E-state index is 11.7. The van der Waals surface area contributed by atoms with E-state index < -0.39 is 0 Å². The minimum Gasteiger partial charge on any atom is -0.378 e. The lowest BCUT2D eigenvalue weighted by atomic mass is 9.94. The molecule has 1 heterocycles. The van der Waals surface area contributed by atoms with Gasteiger partial charge in [-0.25, -0.2) is 0 Å². The van der Waals surface area contributed by atoms with E-state index in [1.165, 1.54) is 0 Å². The first-order chi connectivity index (χ1) is 9.65. The van der Waals surface area contributed by atoms with E-state index in [-0.39, 0.29) is 5.91 Å². The average Bonchev–Trinajstić information content (AvgIpc) is 2.87. The van der Waals surface area contributed by atoms with Gasteiger partial charge in [0.1, 0.15) is 0 Å². The normalized spacial score (nSPS) is 22.7. The van der Waals surface area contributed by atoms with E-state index in [1.807, 2.05) is 0 Å². The van der Waals surface area contributed by atoms with Gasteiger partial charge in [0.2, 0.25) is 0 Å². The van der Waals surface area contributed by atoms with Gasteiger partial charge in [-0.3, -0.25) is 9.48 Å². The number of ether oxygens (including phenoxy) is 1. The van der Waals surface area contributed by atoms with Gasteiger partial charge in [0.25, 0.3) is 5.91 Å². The lowest BCUT2D eigenvalue weighted by Gasteiger charge is -2.26. The molecule has 0 atom stereocenters. The van der Waals surface area contributed by atoms with E-state index >= 15 is 0 Å². The van der Waals surface area contributed by atoms with Gasteiger partial charge in [-0.2, -0.15) is 5.10 Å². The zero-order valence-electron chi connectivity index (χ0n) is 12.0. The van der Waals surface area contributed by atoms with Gasteiger partial charge < -0.3 is 15.8 Å². The van der Waals surface area contributed by atoms with E-state index in [0.29, 0.717) is 30.9 Å². The number of nitrogens with two attached hydrogens (primary N) is 1. The highest BCUT2D eigenvalue weighted by Crippen LogP contribution is 2.19. The summed E-state index contributed by atoms with van der Waals surface area (Å²) in [4.78, 5) is 11.7. The van der Waals surface area contributed by atoms with Crippen LogP contribution in [-0.4, -0.2) is 41.0 Å². The van der Waals surface area contributed by atoms with Crippen molar-refractivity contribution in [3.8, 4) is 0 Å². The predicted molar refractivity (Wildman–Crippen MR) is 76.3 cm³/mol. The monoisotopic (exact) mass is 280 g/mol. The quantitative estimate of drug-likeness (QED) is 0.756. The Morgan fingerprint density at radius 1 is 1.50 bits per heavy atom. The number of aromatic nitrogens is 2. The smallest absolute Gasteiger partial charge is 0.254 e. The second kappa shape index (κ2) is 7.40. The third kappa shape index (κ3) is 4.61. The first kappa shape index (κ1) is 15.0. The van der Waals surface area contributed by atoms with Crippen LogP contribution in [0.5, 0.6) is 0 Å². The Labute approximate surface area is 119 Å². The van der Waals surface area contributed by atoms with Crippen LogP contribution in [0.15, 0.2) is 12.4 Å². The van der Waals surface area contributed by atoms with Gasteiger partial charge in [-0.15, -0.1) is 0 Å². The molecule has 0 bridgehead atoms. The fourth-order valence-electron chi connectivity index (χ4n) is 2.42. The molecule has 0 unspecified atom stereocenters. The summed E-state index contributed by atoms with van der Waals surface area (Å²) < 4.78 is 7.42. The van der Waals surface area contributed by atoms with E-state index in [2.05, 4.69) is 10.4 Å². The molecule has 0 saturated heterocycles. The van der Waals surface area contributed by atoms with E-state index in [1.54, 1.807) is 24.1 Å². The van der Waals surface area contributed by atoms with Crippen LogP contribution in [0.4, 0.5) is 0 Å². The molecule has 0 radical (unpaired) electrons. The van der Waals surface area contributed by atoms with Crippen LogP contribution in [0.1, 0.15) is 42.5 Å². The molecule has 3 N–H and O–H groups in total. The third-order valence-corrected chi connectivity index (χ3v) is 3.65. The summed E-state index contributed by atoms with van der Waals surface area (Å²) in [7, 11) is 1.79. The summed E-state index contributed by atoms with van der Waals surface area (Å²) in [5.74, 6) is -0.0817. The molecule has 1 aromatic heterocycles. The number of hydrogen-bond donors (Lipinski definition) is 2. The van der Waals surface area contributed by atoms with Crippen LogP contribution < -0.4 is 11.1 Å². The van der Waals surface area contributed by atoms with Gasteiger partial charge in [-0.05, 0) is 32.1 Å². The van der Waals surface area contributed by atoms with Crippen LogP contribution in [0, 0.1) is 0 Å². The molecule has 1 saturated carbocycles. The van der Waals surface area contributed by atoms with Crippen LogP contribution in [-0.2, 0) is 11.8 Å². The minimum absolute atomic E-state index is 0.0817. The Kier molecular flexibility index (Phi) is 5.55. The molecule has 112 valence electrons. The Morgan fingerprint density at radius 2 is 2.25 bits per heavy atom. The molecule has 6 heteroatoms. The molecule has 20 heavy (non-hydrogen) atoms. The fraction of sp³-hybridized carbons (Fsp3) is 0.714. The van der Waals surface area contributed by atoms with Crippen molar-refractivity contribution in [1.29, 1.82) is 0 Å². The van der Waals surface area contributed by atoms with Crippen LogP contribution in [0.3, 0.4) is 0 Å². The molecule has 0 aromatic carbocycles. The zero-order valence-corrected chi connectivity index (χ0v) is 12.0. The van der Waals surface area contributed by atoms with Crippen molar-refractivity contribution < 1.29 is 9.53 Å². The Morgan fingerprint density at radius 3 is 2.90 bits per heavy atom. The van der Waals surface area contributed by atoms with Crippen molar-refractivity contribution in [2.45, 2.75) is 44.2 Å². The standard InChI is InChI=1S/C14H24N4O2/c1-18-10-11(9-17-18)14(19)16-7-2-8-20-13-5-3-12(15)4-6-13/h9-10,12-13H,2-8,15H2,1H3,(H,16,19). The van der Waals surface area contributed by atoms with E-state index in [9.17, 15) is 4.79 Å². The molecular formula is C14H24N4O2. The SMILES string of the molecule is Cn1cc(C(=O)NCCCOC2CCC(N)CC2)cn1. The Balaban J connectivity index is 1.54. The Bertz CT molecular complexity index is 425. The highest BCUT2D eigenvalue weighted by Gasteiger charge is 2.18. The van der Waals surface area contributed by atoms with Crippen LogP contribution in [0.25, 0.3) is 0 Å². The molecule has 1 fully saturated rings. The molecule has 0 spiro atoms. The summed E-state index contributed by atoms with van der Waals surface area (Å²) in [5, 5.41) is 6.84. The Hall–Kier alpha value is -1.40. The van der Waals surface area contributed by atoms with E-state index in [0.717, 1.165) is 32.1 Å². The lowest BCUT2D eigenvalue weighted by molar-refractivity contribution is 0.0241. The van der Waals surface area contributed by atoms with Gasteiger partial charge >= 0.3 is 0 Å². The predicted octanol–water partition coefficient (Wildman–Crippen LogP) is 0.826. The number of hydrogen-bond acceptors (Lipinski definition) is 4. The van der Waals surface area contributed by atoms with Crippen LogP contribution in [0.2, 0.25) is 0 Å². The van der Waals surface area contributed by atoms with Crippen molar-refractivity contribution in [2.24, 2.45) is 12.8 Å². The molecule has 1 amide bonds. The largest absolute Gasteiger partial charge is 0.378 e. The van der Waals surface area contributed by atoms with Gasteiger partial charge in [0, 0.05) is 32.4 Å². The zero-order chi connectivity index (χ0) is 14.4. The minimum atomic E-state index is -0.0817. The van der Waals surface area contributed by atoms with E-state index in [4.69, 9.17) is 10.5 Å². The van der Waals surface area contributed by atoms with Crippen molar-refractivity contribution in [3.63, 3.8) is 0 Å². The molecule has 1 aliphatic carbocycles. The highest BCUT2D eigenvalue weighted by atomic mass is 16.5. The summed E-state index contributed by atoms with van der Waals surface area (Å²) in [6, 6.07) is 0.355. The summed E-state index contributed by atoms with van der Waals surface area (Å²) >= 11 is 0. The lowest BCUT2D eigenvalue weighted by Crippen LogP contribution is -2.31. The molecule has 6 nitrogen and oxygen atoms in total. The van der Waals surface area contributed by atoms with Gasteiger partial charge in [-0.1, -0.05) is 0 Å². The van der Waals surface area contributed by atoms with Crippen molar-refractivity contribution >= 4 is 5.91 Å². The molecule has 1 aromatic rings. The molecule has 1 aliphatic rings. The highest BCUT2D eigenvalue weighted by molar-refractivity contribution is 5.93. The number of carbonyl (C=O) groups is 1. The number of aryl methyl sites for hydroxylation is 1. The van der Waals surface area contributed by atoms with Crippen LogP contribution >= 0.6 is 0 Å². The average molecular weight is 280 g/mol. The topological polar surface area (TPSA) is 82.2 Å². The first-order valence-electron chi connectivity index (χ1n) is 7.29. The number of nitrogens with one attached hydrogen (secondary N) is 1. The maximum Gasteiger partial charge on any atom is 0.254 e. The number of carbonyl (C=O) groups excluding carboxylic acids is 1. The summed E-state index contributed by atoms with van der Waals surface area (Å²) in [6.45, 7) is 1.31. The molecule has 0 aliphatic heterocycles. The van der Waals surface area contributed by atoms with Crippen molar-refractivity contribution in [1.82, 2.24) is 15.1 Å². The number of rotatable bonds is 6. The second-order valence-corrected chi connectivity index (χ2v) is 5.42. The summed E-state index contributed by atoms with van der Waals surface area (Å²) in [6.07, 6.45) is 8.68. The fourth-order valence-corrected chi connectivity index (χ4v) is 2.42. The first-order valence-corrected chi connectivity index (χ1v) is 7.29. The number of amides is 1. The third-order valence-electron chi connectivity index (χ3n) is 3.65. The van der Waals surface area contributed by atoms with Crippen molar-refractivity contribution in [2.75, 3.05) is 13.2 Å². The van der Waals surface area contributed by atoms with Gasteiger partial charge in [0.05, 0.1) is 17.9 Å². The second-order valence-electron chi connectivity index (χ2n) is 5.42.